The summed E-state index contributed by atoms with van der Waals surface area (Å²) in [6.07, 6.45) is 3.62. The largest absolute Gasteiger partial charge is 0.324 e. The summed E-state index contributed by atoms with van der Waals surface area (Å²) < 4.78 is 2.50. The molecule has 0 bridgehead atoms. The lowest BCUT2D eigenvalue weighted by atomic mass is 10.1. The van der Waals surface area contributed by atoms with E-state index in [1.54, 1.807) is 28.9 Å². The molecule has 0 atom stereocenters. The van der Waals surface area contributed by atoms with Crippen LogP contribution in [0.5, 0.6) is 0 Å². The molecule has 16 heteroatoms. The highest BCUT2D eigenvalue weighted by Crippen LogP contribution is 2.40. The second-order valence-corrected chi connectivity index (χ2v) is 15.1. The SMILES string of the molecule is Cc1nc(C)nc(Nc2cc(-c3cc4ccccc4s3)c3[nH]ncc3c2)n1.Clc1nc(Cl)nc(Nc2cc(-c3cc4ccccc4s3)c3[nH]ncc3c2)n1. The third-order valence-electron chi connectivity index (χ3n) is 8.43. The fourth-order valence-corrected chi connectivity index (χ4v) is 8.72. The number of aryl methyl sites for hydroxylation is 2. The minimum Gasteiger partial charge on any atom is -0.324 e. The second-order valence-electron chi connectivity index (χ2n) is 12.2. The number of nitrogens with one attached hydrogen (secondary N) is 4. The molecule has 0 aliphatic heterocycles. The van der Waals surface area contributed by atoms with Crippen LogP contribution in [0, 0.1) is 13.8 Å². The summed E-state index contributed by atoms with van der Waals surface area (Å²) in [6.45, 7) is 3.73. The van der Waals surface area contributed by atoms with Crippen molar-refractivity contribution in [3.05, 3.63) is 120 Å². The third-order valence-corrected chi connectivity index (χ3v) is 11.1. The average molecular weight is 786 g/mol. The van der Waals surface area contributed by atoms with Crippen molar-refractivity contribution in [3.63, 3.8) is 0 Å². The van der Waals surface area contributed by atoms with Gasteiger partial charge in [-0.25, -0.2) is 4.98 Å². The number of anilines is 4. The summed E-state index contributed by atoms with van der Waals surface area (Å²) in [7, 11) is 0. The van der Waals surface area contributed by atoms with Crippen LogP contribution in [0.25, 0.3) is 62.9 Å². The van der Waals surface area contributed by atoms with Gasteiger partial charge < -0.3 is 10.6 Å². The number of rotatable bonds is 6. The van der Waals surface area contributed by atoms with E-state index < -0.39 is 0 Å². The third kappa shape index (κ3) is 6.90. The van der Waals surface area contributed by atoms with Gasteiger partial charge in [0.15, 0.2) is 0 Å². The number of fused-ring (bicyclic) bond motifs is 4. The minimum atomic E-state index is 0.0339. The summed E-state index contributed by atoms with van der Waals surface area (Å²) in [5.74, 6) is 2.22. The Morgan fingerprint density at radius 1 is 0.519 bits per heavy atom. The summed E-state index contributed by atoms with van der Waals surface area (Å²) >= 11 is 15.2. The van der Waals surface area contributed by atoms with Gasteiger partial charge in [0, 0.05) is 52.4 Å². The van der Waals surface area contributed by atoms with E-state index in [4.69, 9.17) is 23.2 Å². The standard InChI is InChI=1S/C20H16N6S.C18H10Cl2N6S/c1-11-22-12(2)24-20(23-11)25-15-7-14-10-21-26-19(14)16(9-15)18-8-13-5-3-4-6-17(13)27-18;19-16-23-17(20)25-18(24-16)22-11-5-10-8-21-26-15(10)12(7-11)14-6-9-3-1-2-4-13(9)27-14/h3-10H,1-2H3,(H,21,26)(H,22,23,24,25);1-8H,(H,21,26)(H,22,23,24,25). The zero-order chi connectivity index (χ0) is 36.8. The first-order valence-electron chi connectivity index (χ1n) is 16.5. The fourth-order valence-electron chi connectivity index (χ4n) is 6.19. The maximum atomic E-state index is 5.87. The van der Waals surface area contributed by atoms with E-state index >= 15 is 0 Å². The lowest BCUT2D eigenvalue weighted by Gasteiger charge is -2.09. The van der Waals surface area contributed by atoms with Gasteiger partial charge in [-0.05, 0) is 96.4 Å². The summed E-state index contributed by atoms with van der Waals surface area (Å²) in [6, 6.07) is 29.3. The van der Waals surface area contributed by atoms with Gasteiger partial charge in [0.2, 0.25) is 22.5 Å². The molecular formula is C38H26Cl2N12S2. The number of nitrogens with zero attached hydrogens (tertiary/aromatic N) is 8. The Kier molecular flexibility index (Phi) is 8.79. The minimum absolute atomic E-state index is 0.0339. The number of hydrogen-bond donors (Lipinski definition) is 4. The molecule has 0 saturated heterocycles. The van der Waals surface area contributed by atoms with Gasteiger partial charge in [0.1, 0.15) is 11.6 Å². The average Bonchev–Trinajstić information content (AvgIpc) is 3.96. The highest BCUT2D eigenvalue weighted by Gasteiger charge is 2.14. The predicted molar refractivity (Wildman–Crippen MR) is 220 cm³/mol. The van der Waals surface area contributed by atoms with Gasteiger partial charge in [0.05, 0.1) is 23.4 Å². The van der Waals surface area contributed by atoms with Crippen molar-refractivity contribution in [3.8, 4) is 20.9 Å². The van der Waals surface area contributed by atoms with Crippen LogP contribution >= 0.6 is 45.9 Å². The van der Waals surface area contributed by atoms with E-state index in [1.807, 2.05) is 50.4 Å². The zero-order valence-corrected chi connectivity index (χ0v) is 31.5. The van der Waals surface area contributed by atoms with E-state index in [2.05, 4.69) is 116 Å². The Labute approximate surface area is 324 Å². The number of benzene rings is 4. The molecule has 6 heterocycles. The maximum absolute atomic E-state index is 5.87. The van der Waals surface area contributed by atoms with Gasteiger partial charge in [-0.1, -0.05) is 36.4 Å². The van der Waals surface area contributed by atoms with Crippen LogP contribution in [0.4, 0.5) is 23.3 Å². The van der Waals surface area contributed by atoms with Gasteiger partial charge in [-0.15, -0.1) is 22.7 Å². The first-order valence-corrected chi connectivity index (χ1v) is 18.9. The van der Waals surface area contributed by atoms with E-state index in [0.29, 0.717) is 17.6 Å². The van der Waals surface area contributed by atoms with Crippen molar-refractivity contribution in [1.29, 1.82) is 0 Å². The van der Waals surface area contributed by atoms with E-state index in [1.165, 1.54) is 25.0 Å². The lowest BCUT2D eigenvalue weighted by Crippen LogP contribution is -2.02. The molecule has 54 heavy (non-hydrogen) atoms. The molecule has 0 aliphatic carbocycles. The topological polar surface area (TPSA) is 159 Å². The normalized spacial score (nSPS) is 11.3. The molecule has 10 rings (SSSR count). The van der Waals surface area contributed by atoms with Crippen molar-refractivity contribution in [2.75, 3.05) is 10.6 Å². The van der Waals surface area contributed by atoms with Crippen LogP contribution in [0.2, 0.25) is 10.6 Å². The van der Waals surface area contributed by atoms with Crippen LogP contribution < -0.4 is 10.6 Å². The summed E-state index contributed by atoms with van der Waals surface area (Å²) in [5, 5.41) is 25.6. The van der Waals surface area contributed by atoms with Crippen molar-refractivity contribution >= 4 is 111 Å². The smallest absolute Gasteiger partial charge is 0.232 e. The van der Waals surface area contributed by atoms with Crippen LogP contribution in [0.3, 0.4) is 0 Å². The molecule has 0 saturated carbocycles. The molecular weight excluding hydrogens is 760 g/mol. The Morgan fingerprint density at radius 3 is 1.46 bits per heavy atom. The quantitative estimate of drug-likeness (QED) is 0.128. The van der Waals surface area contributed by atoms with E-state index in [0.717, 1.165) is 49.2 Å². The molecule has 4 N–H and O–H groups in total. The molecule has 0 unspecified atom stereocenters. The van der Waals surface area contributed by atoms with Crippen molar-refractivity contribution in [1.82, 2.24) is 50.3 Å². The number of aromatic amines is 2. The first-order chi connectivity index (χ1) is 26.3. The highest BCUT2D eigenvalue weighted by molar-refractivity contribution is 7.22. The number of halogens is 2. The van der Waals surface area contributed by atoms with Crippen molar-refractivity contribution < 1.29 is 0 Å². The maximum Gasteiger partial charge on any atom is 0.232 e. The number of aromatic nitrogens is 10. The van der Waals surface area contributed by atoms with Crippen LogP contribution in [0.1, 0.15) is 11.6 Å². The molecule has 12 nitrogen and oxygen atoms in total. The fraction of sp³-hybridized carbons (Fsp3) is 0.0526. The van der Waals surface area contributed by atoms with Crippen LogP contribution in [0.15, 0.2) is 97.3 Å². The molecule has 0 aliphatic rings. The second kappa shape index (κ2) is 14.1. The molecule has 0 amide bonds. The molecule has 6 aromatic heterocycles. The van der Waals surface area contributed by atoms with Gasteiger partial charge in [-0.3, -0.25) is 10.2 Å². The Hall–Kier alpha value is -6.06. The summed E-state index contributed by atoms with van der Waals surface area (Å²) in [5.41, 5.74) is 5.86. The molecule has 4 aromatic carbocycles. The Morgan fingerprint density at radius 2 is 0.981 bits per heavy atom. The van der Waals surface area contributed by atoms with Crippen LogP contribution in [-0.2, 0) is 0 Å². The van der Waals surface area contributed by atoms with E-state index in [-0.39, 0.29) is 16.5 Å². The molecule has 0 fully saturated rings. The number of thiophene rings is 2. The molecule has 10 aromatic rings. The molecule has 264 valence electrons. The molecule has 0 spiro atoms. The summed E-state index contributed by atoms with van der Waals surface area (Å²) in [4.78, 5) is 27.2. The monoisotopic (exact) mass is 784 g/mol. The Bertz CT molecular complexity index is 2680. The first kappa shape index (κ1) is 33.8. The zero-order valence-electron chi connectivity index (χ0n) is 28.4. The van der Waals surface area contributed by atoms with Crippen LogP contribution in [-0.4, -0.2) is 50.3 Å². The number of H-pyrrole nitrogens is 2. The Balaban J connectivity index is 0.000000142. The van der Waals surface area contributed by atoms with Gasteiger partial charge >= 0.3 is 0 Å². The number of hydrogen-bond acceptors (Lipinski definition) is 12. The highest BCUT2D eigenvalue weighted by atomic mass is 35.5. The molecule has 0 radical (unpaired) electrons. The van der Waals surface area contributed by atoms with Gasteiger partial charge in [-0.2, -0.15) is 35.1 Å². The van der Waals surface area contributed by atoms with Gasteiger partial charge in [0.25, 0.3) is 0 Å². The predicted octanol–water partition coefficient (Wildman–Crippen LogP) is 10.7. The van der Waals surface area contributed by atoms with Crippen molar-refractivity contribution in [2.45, 2.75) is 13.8 Å². The van der Waals surface area contributed by atoms with E-state index in [9.17, 15) is 0 Å². The van der Waals surface area contributed by atoms with Crippen molar-refractivity contribution in [2.24, 2.45) is 0 Å². The lowest BCUT2D eigenvalue weighted by molar-refractivity contribution is 0.928.